The number of furan rings is 1. The average Bonchev–Trinajstić information content (AvgIpc) is 3.40. The number of anilines is 4. The topological polar surface area (TPSA) is 66.7 Å². The molecule has 2 amide bonds. The van der Waals surface area contributed by atoms with E-state index in [4.69, 9.17) is 4.42 Å². The van der Waals surface area contributed by atoms with E-state index in [0.717, 1.165) is 23.1 Å². The van der Waals surface area contributed by atoms with E-state index in [0.29, 0.717) is 22.2 Å². The Morgan fingerprint density at radius 1 is 0.844 bits per heavy atom. The highest BCUT2D eigenvalue weighted by Crippen LogP contribution is 2.38. The van der Waals surface area contributed by atoms with Gasteiger partial charge < -0.3 is 4.42 Å². The van der Waals surface area contributed by atoms with Crippen LogP contribution in [0.25, 0.3) is 6.08 Å². The molecule has 2 aromatic carbocycles. The quantitative estimate of drug-likeness (QED) is 0.336. The predicted molar refractivity (Wildman–Crippen MR) is 126 cm³/mol. The minimum Gasteiger partial charge on any atom is -0.440 e. The van der Waals surface area contributed by atoms with Gasteiger partial charge in [-0.1, -0.05) is 36.4 Å². The molecule has 1 fully saturated rings. The van der Waals surface area contributed by atoms with Crippen LogP contribution in [0, 0.1) is 0 Å². The average molecular weight is 439 g/mol. The van der Waals surface area contributed by atoms with Gasteiger partial charge in [-0.2, -0.15) is 0 Å². The van der Waals surface area contributed by atoms with Crippen molar-refractivity contribution in [2.24, 2.45) is 0 Å². The van der Waals surface area contributed by atoms with Crippen LogP contribution in [0.5, 0.6) is 0 Å². The van der Waals surface area contributed by atoms with Gasteiger partial charge in [-0.15, -0.1) is 0 Å². The Morgan fingerprint density at radius 3 is 2.28 bits per heavy atom. The van der Waals surface area contributed by atoms with Crippen molar-refractivity contribution in [3.8, 4) is 0 Å². The molecular formula is C25H17N3O3S. The zero-order chi connectivity index (χ0) is 21.9. The fraction of sp³-hybridized carbons (Fsp3) is 0. The second-order valence-corrected chi connectivity index (χ2v) is 7.90. The van der Waals surface area contributed by atoms with Gasteiger partial charge in [-0.05, 0) is 54.2 Å². The number of rotatable bonds is 5. The van der Waals surface area contributed by atoms with E-state index < -0.39 is 0 Å². The number of amides is 2. The van der Waals surface area contributed by atoms with Crippen molar-refractivity contribution in [1.29, 1.82) is 0 Å². The highest BCUT2D eigenvalue weighted by Gasteiger charge is 2.36. The molecule has 1 aliphatic rings. The molecule has 4 aromatic rings. The van der Waals surface area contributed by atoms with Crippen LogP contribution in [0.1, 0.15) is 5.76 Å². The molecule has 32 heavy (non-hydrogen) atoms. The molecule has 156 valence electrons. The molecule has 0 bridgehead atoms. The molecule has 0 atom stereocenters. The molecule has 0 aliphatic carbocycles. The Morgan fingerprint density at radius 2 is 1.56 bits per heavy atom. The summed E-state index contributed by atoms with van der Waals surface area (Å²) in [5, 5.41) is -0.333. The SMILES string of the molecule is O=C1S/C(=C/c2ccc(N(c3ccccc3)c3cccnc3)o2)C(=O)N1c1ccccc1. The third-order valence-corrected chi connectivity index (χ3v) is 5.70. The monoisotopic (exact) mass is 439 g/mol. The van der Waals surface area contributed by atoms with Gasteiger partial charge in [-0.25, -0.2) is 4.90 Å². The number of benzene rings is 2. The molecule has 0 radical (unpaired) electrons. The van der Waals surface area contributed by atoms with Gasteiger partial charge in [0, 0.05) is 24.0 Å². The number of carbonyl (C=O) groups is 2. The summed E-state index contributed by atoms with van der Waals surface area (Å²) in [6.45, 7) is 0. The first kappa shape index (κ1) is 19.8. The van der Waals surface area contributed by atoms with Gasteiger partial charge in [-0.3, -0.25) is 19.5 Å². The molecule has 5 rings (SSSR count). The number of nitrogens with zero attached hydrogens (tertiary/aromatic N) is 3. The van der Waals surface area contributed by atoms with Crippen molar-refractivity contribution in [3.63, 3.8) is 0 Å². The van der Waals surface area contributed by atoms with Crippen LogP contribution in [-0.2, 0) is 4.79 Å². The molecule has 7 heteroatoms. The first-order valence-electron chi connectivity index (χ1n) is 9.89. The lowest BCUT2D eigenvalue weighted by atomic mass is 10.2. The number of aromatic nitrogens is 1. The van der Waals surface area contributed by atoms with Crippen LogP contribution in [0.2, 0.25) is 0 Å². The van der Waals surface area contributed by atoms with Crippen LogP contribution >= 0.6 is 11.8 Å². The summed E-state index contributed by atoms with van der Waals surface area (Å²) in [4.78, 5) is 32.9. The predicted octanol–water partition coefficient (Wildman–Crippen LogP) is 6.39. The molecular weight excluding hydrogens is 422 g/mol. The van der Waals surface area contributed by atoms with E-state index in [-0.39, 0.29) is 11.1 Å². The van der Waals surface area contributed by atoms with E-state index in [1.165, 1.54) is 4.90 Å². The van der Waals surface area contributed by atoms with Crippen molar-refractivity contribution >= 4 is 51.9 Å². The second-order valence-electron chi connectivity index (χ2n) is 6.91. The maximum atomic E-state index is 12.9. The Kier molecular flexibility index (Phi) is 5.31. The number of thioether (sulfide) groups is 1. The van der Waals surface area contributed by atoms with E-state index in [1.54, 1.807) is 48.8 Å². The van der Waals surface area contributed by atoms with Crippen molar-refractivity contribution in [1.82, 2.24) is 4.98 Å². The summed E-state index contributed by atoms with van der Waals surface area (Å²) in [5.74, 6) is 0.678. The van der Waals surface area contributed by atoms with Crippen LogP contribution in [0.4, 0.5) is 27.7 Å². The molecule has 0 spiro atoms. The Balaban J connectivity index is 1.47. The minimum absolute atomic E-state index is 0.312. The van der Waals surface area contributed by atoms with E-state index in [1.807, 2.05) is 59.5 Å². The zero-order valence-electron chi connectivity index (χ0n) is 16.8. The Bertz CT molecular complexity index is 1250. The molecule has 6 nitrogen and oxygen atoms in total. The van der Waals surface area contributed by atoms with Gasteiger partial charge >= 0.3 is 0 Å². The van der Waals surface area contributed by atoms with E-state index in [2.05, 4.69) is 4.98 Å². The lowest BCUT2D eigenvalue weighted by Gasteiger charge is -2.21. The summed E-state index contributed by atoms with van der Waals surface area (Å²) < 4.78 is 6.07. The largest absolute Gasteiger partial charge is 0.440 e. The van der Waals surface area contributed by atoms with Crippen molar-refractivity contribution in [3.05, 3.63) is 108 Å². The highest BCUT2D eigenvalue weighted by molar-refractivity contribution is 8.19. The Hall–Kier alpha value is -4.10. The van der Waals surface area contributed by atoms with Crippen LogP contribution in [-0.4, -0.2) is 16.1 Å². The van der Waals surface area contributed by atoms with Crippen molar-refractivity contribution < 1.29 is 14.0 Å². The number of para-hydroxylation sites is 2. The minimum atomic E-state index is -0.365. The maximum absolute atomic E-state index is 12.9. The first-order valence-corrected chi connectivity index (χ1v) is 10.7. The van der Waals surface area contributed by atoms with Crippen LogP contribution in [0.3, 0.4) is 0 Å². The van der Waals surface area contributed by atoms with Crippen molar-refractivity contribution in [2.45, 2.75) is 0 Å². The molecule has 1 aliphatic heterocycles. The normalized spacial score (nSPS) is 14.9. The summed E-state index contributed by atoms with van der Waals surface area (Å²) in [7, 11) is 0. The summed E-state index contributed by atoms with van der Waals surface area (Å²) in [6, 6.07) is 26.1. The third kappa shape index (κ3) is 3.81. The van der Waals surface area contributed by atoms with E-state index >= 15 is 0 Å². The molecule has 2 aromatic heterocycles. The van der Waals surface area contributed by atoms with E-state index in [9.17, 15) is 9.59 Å². The maximum Gasteiger partial charge on any atom is 0.298 e. The van der Waals surface area contributed by atoms with Crippen molar-refractivity contribution in [2.75, 3.05) is 9.80 Å². The van der Waals surface area contributed by atoms with Gasteiger partial charge in [0.05, 0.1) is 22.5 Å². The summed E-state index contributed by atoms with van der Waals surface area (Å²) in [5.41, 5.74) is 2.29. The molecule has 1 saturated heterocycles. The third-order valence-electron chi connectivity index (χ3n) is 4.83. The van der Waals surface area contributed by atoms with Gasteiger partial charge in [0.1, 0.15) is 5.76 Å². The number of hydrogen-bond acceptors (Lipinski definition) is 6. The highest BCUT2D eigenvalue weighted by atomic mass is 32.2. The first-order chi connectivity index (χ1) is 15.7. The lowest BCUT2D eigenvalue weighted by Crippen LogP contribution is -2.27. The second kappa shape index (κ2) is 8.56. The lowest BCUT2D eigenvalue weighted by molar-refractivity contribution is -0.113. The number of pyridine rings is 1. The Labute approximate surface area is 188 Å². The van der Waals surface area contributed by atoms with Gasteiger partial charge in [0.25, 0.3) is 11.1 Å². The van der Waals surface area contributed by atoms with Gasteiger partial charge in [0.2, 0.25) is 5.88 Å². The van der Waals surface area contributed by atoms with Crippen LogP contribution < -0.4 is 9.80 Å². The summed E-state index contributed by atoms with van der Waals surface area (Å²) >= 11 is 0.897. The molecule has 0 unspecified atom stereocenters. The summed E-state index contributed by atoms with van der Waals surface area (Å²) in [6.07, 6.45) is 5.06. The molecule has 0 saturated carbocycles. The smallest absolute Gasteiger partial charge is 0.298 e. The number of imide groups is 1. The standard InChI is InChI=1S/C25H17N3O3S/c29-24-22(32-25(30)28(24)19-10-5-2-6-11-19)16-21-13-14-23(31-21)27(18-8-3-1-4-9-18)20-12-7-15-26-17-20/h1-17H/b22-16+. The zero-order valence-corrected chi connectivity index (χ0v) is 17.6. The van der Waals surface area contributed by atoms with Gasteiger partial charge in [0.15, 0.2) is 0 Å². The number of hydrogen-bond donors (Lipinski definition) is 0. The number of carbonyl (C=O) groups excluding carboxylic acids is 2. The van der Waals surface area contributed by atoms with Crippen LogP contribution in [0.15, 0.2) is 107 Å². The molecule has 0 N–H and O–H groups in total. The fourth-order valence-electron chi connectivity index (χ4n) is 3.40. The fourth-order valence-corrected chi connectivity index (χ4v) is 4.22. The molecule has 3 heterocycles.